The molecule has 1 saturated carbocycles. The van der Waals surface area contributed by atoms with Crippen LogP contribution in [0.3, 0.4) is 0 Å². The summed E-state index contributed by atoms with van der Waals surface area (Å²) in [7, 11) is 0. The van der Waals surface area contributed by atoms with E-state index in [9.17, 15) is 0 Å². The number of benzene rings is 1. The van der Waals surface area contributed by atoms with Gasteiger partial charge in [0.25, 0.3) is 0 Å². The van der Waals surface area contributed by atoms with Crippen molar-refractivity contribution in [3.05, 3.63) is 60.4 Å². The number of hydrogen-bond donors (Lipinski definition) is 1. The number of nitrogens with one attached hydrogen (secondary N) is 1. The van der Waals surface area contributed by atoms with Crippen LogP contribution >= 0.6 is 11.6 Å². The van der Waals surface area contributed by atoms with Crippen molar-refractivity contribution >= 4 is 17.4 Å². The van der Waals surface area contributed by atoms with E-state index < -0.39 is 0 Å². The van der Waals surface area contributed by atoms with Crippen LogP contribution in [0, 0.1) is 5.92 Å². The highest BCUT2D eigenvalue weighted by atomic mass is 35.5. The Morgan fingerprint density at radius 3 is 2.92 bits per heavy atom. The van der Waals surface area contributed by atoms with Gasteiger partial charge < -0.3 is 9.88 Å². The zero-order chi connectivity index (χ0) is 16.4. The quantitative estimate of drug-likeness (QED) is 0.761. The second kappa shape index (κ2) is 6.61. The van der Waals surface area contributed by atoms with E-state index in [0.29, 0.717) is 17.0 Å². The second-order valence-corrected chi connectivity index (χ2v) is 6.62. The van der Waals surface area contributed by atoms with Crippen molar-refractivity contribution in [1.29, 1.82) is 0 Å². The van der Waals surface area contributed by atoms with Gasteiger partial charge in [0.15, 0.2) is 0 Å². The largest absolute Gasteiger partial charge is 0.370 e. The lowest BCUT2D eigenvalue weighted by atomic mass is 9.80. The van der Waals surface area contributed by atoms with E-state index in [1.165, 1.54) is 12.8 Å². The lowest BCUT2D eigenvalue weighted by Gasteiger charge is -2.36. The molecule has 5 nitrogen and oxygen atoms in total. The molecule has 3 aromatic rings. The summed E-state index contributed by atoms with van der Waals surface area (Å²) in [6.07, 6.45) is 9.72. The van der Waals surface area contributed by atoms with Crippen molar-refractivity contribution in [2.45, 2.75) is 18.9 Å². The van der Waals surface area contributed by atoms with E-state index in [4.69, 9.17) is 11.6 Å². The highest BCUT2D eigenvalue weighted by Crippen LogP contribution is 2.37. The minimum absolute atomic E-state index is 0.590. The van der Waals surface area contributed by atoms with Crippen LogP contribution in [0.15, 0.2) is 55.4 Å². The molecule has 2 heterocycles. The number of anilines is 1. The number of aromatic nitrogens is 4. The van der Waals surface area contributed by atoms with Gasteiger partial charge in [0.1, 0.15) is 12.1 Å². The summed E-state index contributed by atoms with van der Waals surface area (Å²) in [5.41, 5.74) is 1.87. The SMILES string of the molecule is Clc1cccc(-c2cc(NCC3CC(n4ccnc4)C3)ncn2)c1. The first-order valence-electron chi connectivity index (χ1n) is 8.07. The summed E-state index contributed by atoms with van der Waals surface area (Å²) in [5, 5.41) is 4.14. The van der Waals surface area contributed by atoms with Gasteiger partial charge in [-0.2, -0.15) is 0 Å². The lowest BCUT2D eigenvalue weighted by Crippen LogP contribution is -2.31. The van der Waals surface area contributed by atoms with Crippen molar-refractivity contribution < 1.29 is 0 Å². The van der Waals surface area contributed by atoms with E-state index in [0.717, 1.165) is 23.6 Å². The summed E-state index contributed by atoms with van der Waals surface area (Å²) in [5.74, 6) is 1.52. The van der Waals surface area contributed by atoms with E-state index in [1.54, 1.807) is 6.33 Å². The van der Waals surface area contributed by atoms with Crippen LogP contribution in [-0.2, 0) is 0 Å². The molecule has 122 valence electrons. The molecule has 0 radical (unpaired) electrons. The Morgan fingerprint density at radius 2 is 2.12 bits per heavy atom. The van der Waals surface area contributed by atoms with Gasteiger partial charge in [-0.05, 0) is 30.9 Å². The summed E-state index contributed by atoms with van der Waals surface area (Å²) < 4.78 is 2.19. The maximum absolute atomic E-state index is 6.05. The topological polar surface area (TPSA) is 55.6 Å². The van der Waals surface area contributed by atoms with E-state index in [1.807, 2.05) is 49.1 Å². The third-order valence-electron chi connectivity index (χ3n) is 4.52. The van der Waals surface area contributed by atoms with Gasteiger partial charge in [0.05, 0.1) is 12.0 Å². The molecule has 4 rings (SSSR count). The fraction of sp³-hybridized carbons (Fsp3) is 0.278. The van der Waals surface area contributed by atoms with Crippen LogP contribution in [0.2, 0.25) is 5.02 Å². The Morgan fingerprint density at radius 1 is 1.21 bits per heavy atom. The highest BCUT2D eigenvalue weighted by molar-refractivity contribution is 6.30. The van der Waals surface area contributed by atoms with Gasteiger partial charge >= 0.3 is 0 Å². The van der Waals surface area contributed by atoms with Crippen LogP contribution in [0.5, 0.6) is 0 Å². The monoisotopic (exact) mass is 339 g/mol. The molecule has 0 bridgehead atoms. The summed E-state index contributed by atoms with van der Waals surface area (Å²) in [4.78, 5) is 12.8. The number of halogens is 1. The zero-order valence-corrected chi connectivity index (χ0v) is 13.9. The van der Waals surface area contributed by atoms with Crippen molar-refractivity contribution in [3.63, 3.8) is 0 Å². The van der Waals surface area contributed by atoms with Crippen LogP contribution in [0.25, 0.3) is 11.3 Å². The predicted octanol–water partition coefficient (Wildman–Crippen LogP) is 4.06. The standard InChI is InChI=1S/C18H18ClN5/c19-15-3-1-2-14(8-15)17-9-18(23-11-22-17)21-10-13-6-16(7-13)24-5-4-20-12-24/h1-5,8-9,11-13,16H,6-7,10H2,(H,21,22,23). The molecule has 1 fully saturated rings. The van der Waals surface area contributed by atoms with Crippen LogP contribution in [-0.4, -0.2) is 26.1 Å². The Bertz CT molecular complexity index is 812. The molecule has 0 unspecified atom stereocenters. The number of rotatable bonds is 5. The minimum Gasteiger partial charge on any atom is -0.370 e. The zero-order valence-electron chi connectivity index (χ0n) is 13.1. The van der Waals surface area contributed by atoms with Crippen LogP contribution < -0.4 is 5.32 Å². The Labute approximate surface area is 145 Å². The first-order chi connectivity index (χ1) is 11.8. The molecule has 1 aliphatic rings. The second-order valence-electron chi connectivity index (χ2n) is 6.18. The average Bonchev–Trinajstić information content (AvgIpc) is 3.08. The normalized spacial score (nSPS) is 19.7. The number of nitrogens with zero attached hydrogens (tertiary/aromatic N) is 4. The Balaban J connectivity index is 1.35. The van der Waals surface area contributed by atoms with Gasteiger partial charge in [-0.3, -0.25) is 0 Å². The van der Waals surface area contributed by atoms with Gasteiger partial charge in [0, 0.05) is 41.6 Å². The van der Waals surface area contributed by atoms with Crippen molar-refractivity contribution in [2.24, 2.45) is 5.92 Å². The van der Waals surface area contributed by atoms with Crippen molar-refractivity contribution in [1.82, 2.24) is 19.5 Å². The third kappa shape index (κ3) is 3.26. The fourth-order valence-corrected chi connectivity index (χ4v) is 3.29. The summed E-state index contributed by atoms with van der Waals surface area (Å²) >= 11 is 6.05. The number of imidazole rings is 1. The average molecular weight is 340 g/mol. The maximum atomic E-state index is 6.05. The van der Waals surface area contributed by atoms with Gasteiger partial charge in [0.2, 0.25) is 0 Å². The van der Waals surface area contributed by atoms with Gasteiger partial charge in [-0.1, -0.05) is 23.7 Å². The molecule has 0 atom stereocenters. The minimum atomic E-state index is 0.590. The van der Waals surface area contributed by atoms with E-state index in [2.05, 4.69) is 24.8 Å². The molecule has 0 saturated heterocycles. The maximum Gasteiger partial charge on any atom is 0.129 e. The molecular weight excluding hydrogens is 322 g/mol. The Kier molecular flexibility index (Phi) is 4.17. The predicted molar refractivity (Wildman–Crippen MR) is 95.0 cm³/mol. The lowest BCUT2D eigenvalue weighted by molar-refractivity contribution is 0.209. The van der Waals surface area contributed by atoms with Crippen molar-refractivity contribution in [2.75, 3.05) is 11.9 Å². The molecule has 1 aliphatic carbocycles. The van der Waals surface area contributed by atoms with Crippen LogP contribution in [0.1, 0.15) is 18.9 Å². The molecular formula is C18H18ClN5. The fourth-order valence-electron chi connectivity index (χ4n) is 3.10. The smallest absolute Gasteiger partial charge is 0.129 e. The molecule has 6 heteroatoms. The third-order valence-corrected chi connectivity index (χ3v) is 4.75. The van der Waals surface area contributed by atoms with E-state index >= 15 is 0 Å². The molecule has 0 spiro atoms. The molecule has 1 N–H and O–H groups in total. The van der Waals surface area contributed by atoms with Gasteiger partial charge in [-0.25, -0.2) is 15.0 Å². The number of hydrogen-bond acceptors (Lipinski definition) is 4. The van der Waals surface area contributed by atoms with Crippen LogP contribution in [0.4, 0.5) is 5.82 Å². The molecule has 24 heavy (non-hydrogen) atoms. The summed E-state index contributed by atoms with van der Waals surface area (Å²) in [6, 6.07) is 10.3. The highest BCUT2D eigenvalue weighted by Gasteiger charge is 2.29. The first kappa shape index (κ1) is 15.1. The molecule has 0 aliphatic heterocycles. The summed E-state index contributed by atoms with van der Waals surface area (Å²) in [6.45, 7) is 0.928. The van der Waals surface area contributed by atoms with Crippen molar-refractivity contribution in [3.8, 4) is 11.3 Å². The molecule has 1 aromatic carbocycles. The molecule has 2 aromatic heterocycles. The first-order valence-corrected chi connectivity index (χ1v) is 8.45. The molecule has 0 amide bonds. The van der Waals surface area contributed by atoms with Gasteiger partial charge in [-0.15, -0.1) is 0 Å². The van der Waals surface area contributed by atoms with E-state index in [-0.39, 0.29) is 0 Å². The Hall–Kier alpha value is -2.40.